The van der Waals surface area contributed by atoms with Gasteiger partial charge in [0.05, 0.1) is 0 Å². The number of rotatable bonds is 3. The molecular weight excluding hydrogens is 355 g/mol. The third-order valence-corrected chi connectivity index (χ3v) is 5.39. The number of likely N-dealkylation sites (tertiary alicyclic amines) is 1. The molecule has 0 saturated carbocycles. The van der Waals surface area contributed by atoms with Crippen LogP contribution in [-0.4, -0.2) is 41.7 Å². The monoisotopic (exact) mass is 384 g/mol. The van der Waals surface area contributed by atoms with Crippen molar-refractivity contribution in [3.8, 4) is 5.75 Å². The zero-order valence-electron chi connectivity index (χ0n) is 16.4. The molecule has 0 spiro atoms. The number of carbonyl (C=O) groups is 1. The average molecular weight is 384 g/mol. The van der Waals surface area contributed by atoms with Crippen LogP contribution < -0.4 is 5.32 Å². The highest BCUT2D eigenvalue weighted by molar-refractivity contribution is 5.78. The van der Waals surface area contributed by atoms with Crippen LogP contribution >= 0.6 is 0 Å². The predicted octanol–water partition coefficient (Wildman–Crippen LogP) is 3.92. The van der Waals surface area contributed by atoms with E-state index in [4.69, 9.17) is 5.11 Å². The maximum Gasteiger partial charge on any atom is 0.222 e. The second-order valence-electron chi connectivity index (χ2n) is 7.61. The van der Waals surface area contributed by atoms with Crippen LogP contribution in [0.2, 0.25) is 0 Å². The van der Waals surface area contributed by atoms with E-state index in [2.05, 4.69) is 36.5 Å². The van der Waals surface area contributed by atoms with Crippen molar-refractivity contribution in [3.63, 3.8) is 0 Å². The Kier molecular flexibility index (Phi) is 7.04. The number of aryl methyl sites for hydroxylation is 1. The number of alkyl halides is 1. The van der Waals surface area contributed by atoms with Gasteiger partial charge in [0, 0.05) is 32.0 Å². The van der Waals surface area contributed by atoms with Crippen molar-refractivity contribution in [2.24, 2.45) is 0 Å². The fourth-order valence-electron chi connectivity index (χ4n) is 3.70. The molecule has 4 nitrogen and oxygen atoms in total. The number of aromatic hydroxyl groups is 1. The first-order chi connectivity index (χ1) is 13.5. The molecule has 2 unspecified atom stereocenters. The van der Waals surface area contributed by atoms with Gasteiger partial charge in [-0.3, -0.25) is 4.79 Å². The molecule has 2 aliphatic rings. The summed E-state index contributed by atoms with van der Waals surface area (Å²) in [7, 11) is 0. The molecule has 28 heavy (non-hydrogen) atoms. The first-order valence-electron chi connectivity index (χ1n) is 10.00. The fraction of sp³-hybridized carbons (Fsp3) is 0.435. The maximum absolute atomic E-state index is 13.5. The molecule has 150 valence electrons. The molecule has 1 amide bonds. The third-order valence-electron chi connectivity index (χ3n) is 5.39. The lowest BCUT2D eigenvalue weighted by Crippen LogP contribution is -2.36. The molecule has 5 heteroatoms. The molecule has 0 radical (unpaired) electrons. The second-order valence-corrected chi connectivity index (χ2v) is 7.61. The quantitative estimate of drug-likeness (QED) is 0.843. The van der Waals surface area contributed by atoms with Gasteiger partial charge in [-0.15, -0.1) is 0 Å². The summed E-state index contributed by atoms with van der Waals surface area (Å²) in [4.78, 5) is 13.3. The first kappa shape index (κ1) is 20.3. The van der Waals surface area contributed by atoms with Crippen LogP contribution in [0, 0.1) is 6.92 Å². The Bertz CT molecular complexity index is 761. The van der Waals surface area contributed by atoms with Crippen LogP contribution in [0.4, 0.5) is 4.39 Å². The van der Waals surface area contributed by atoms with E-state index in [1.165, 1.54) is 11.1 Å². The highest BCUT2D eigenvalue weighted by Crippen LogP contribution is 2.28. The maximum atomic E-state index is 13.5. The van der Waals surface area contributed by atoms with Crippen LogP contribution in [0.1, 0.15) is 41.9 Å². The lowest BCUT2D eigenvalue weighted by atomic mass is 9.89. The van der Waals surface area contributed by atoms with Crippen LogP contribution in [0.25, 0.3) is 0 Å². The van der Waals surface area contributed by atoms with Gasteiger partial charge in [0.1, 0.15) is 11.9 Å². The first-order valence-corrected chi connectivity index (χ1v) is 10.00. The Morgan fingerprint density at radius 2 is 1.86 bits per heavy atom. The van der Waals surface area contributed by atoms with E-state index >= 15 is 0 Å². The van der Waals surface area contributed by atoms with Gasteiger partial charge >= 0.3 is 0 Å². The number of carbonyl (C=O) groups excluding carboxylic acids is 1. The number of hydrogen-bond donors (Lipinski definition) is 2. The van der Waals surface area contributed by atoms with Crippen LogP contribution in [0.15, 0.2) is 48.5 Å². The summed E-state index contributed by atoms with van der Waals surface area (Å²) < 4.78 is 13.5. The molecule has 2 aromatic carbocycles. The Morgan fingerprint density at radius 1 is 1.14 bits per heavy atom. The van der Waals surface area contributed by atoms with E-state index in [-0.39, 0.29) is 11.7 Å². The standard InChI is InChI=1S/C12H15NO.C11H14FNO/c1-10-4-6-11(7-5-10)9-13-8-2-3-12(13)14;12-11-7-13-6-5-10(11)8-1-3-9(14)4-2-8/h4-7H,2-3,8-9H2,1H3;1-4,10-11,13-14H,5-7H2. The van der Waals surface area contributed by atoms with Gasteiger partial charge < -0.3 is 15.3 Å². The molecule has 2 atom stereocenters. The number of benzene rings is 2. The average Bonchev–Trinajstić information content (AvgIpc) is 3.10. The number of nitrogens with one attached hydrogen (secondary N) is 1. The number of phenolic OH excluding ortho intramolecular Hbond substituents is 1. The SMILES string of the molecule is Cc1ccc(CN2CCCC2=O)cc1.Oc1ccc(C2CCNCC2F)cc1. The van der Waals surface area contributed by atoms with Crippen molar-refractivity contribution in [3.05, 3.63) is 65.2 Å². The molecule has 2 heterocycles. The molecule has 4 rings (SSSR count). The number of piperidine rings is 1. The molecule has 2 N–H and O–H groups in total. The zero-order valence-corrected chi connectivity index (χ0v) is 16.4. The largest absolute Gasteiger partial charge is 0.508 e. The number of amides is 1. The third kappa shape index (κ3) is 5.55. The summed E-state index contributed by atoms with van der Waals surface area (Å²) in [6.07, 6.45) is 1.76. The number of phenols is 1. The van der Waals surface area contributed by atoms with Crippen molar-refractivity contribution in [2.45, 2.75) is 44.8 Å². The van der Waals surface area contributed by atoms with Crippen molar-refractivity contribution >= 4 is 5.91 Å². The van der Waals surface area contributed by atoms with E-state index < -0.39 is 6.17 Å². The molecule has 2 fully saturated rings. The second kappa shape index (κ2) is 9.69. The van der Waals surface area contributed by atoms with Crippen molar-refractivity contribution < 1.29 is 14.3 Å². The Morgan fingerprint density at radius 3 is 2.46 bits per heavy atom. The minimum atomic E-state index is -0.812. The predicted molar refractivity (Wildman–Crippen MR) is 109 cm³/mol. The van der Waals surface area contributed by atoms with E-state index in [1.807, 2.05) is 4.90 Å². The summed E-state index contributed by atoms with van der Waals surface area (Å²) in [5.74, 6) is 0.514. The highest BCUT2D eigenvalue weighted by atomic mass is 19.1. The number of nitrogens with zero attached hydrogens (tertiary/aromatic N) is 1. The lowest BCUT2D eigenvalue weighted by molar-refractivity contribution is -0.128. The topological polar surface area (TPSA) is 52.6 Å². The smallest absolute Gasteiger partial charge is 0.222 e. The minimum absolute atomic E-state index is 0.0168. The lowest BCUT2D eigenvalue weighted by Gasteiger charge is -2.26. The van der Waals surface area contributed by atoms with Gasteiger partial charge in [-0.05, 0) is 49.6 Å². The normalized spacial score (nSPS) is 21.9. The summed E-state index contributed by atoms with van der Waals surface area (Å²) >= 11 is 0. The van der Waals surface area contributed by atoms with E-state index in [0.29, 0.717) is 12.5 Å². The van der Waals surface area contributed by atoms with E-state index in [1.54, 1.807) is 24.3 Å². The molecule has 0 bridgehead atoms. The van der Waals surface area contributed by atoms with Crippen molar-refractivity contribution in [2.75, 3.05) is 19.6 Å². The van der Waals surface area contributed by atoms with Gasteiger partial charge in [-0.25, -0.2) is 4.39 Å². The summed E-state index contributed by atoms with van der Waals surface area (Å²) in [6.45, 7) is 5.08. The van der Waals surface area contributed by atoms with Gasteiger partial charge in [0.15, 0.2) is 0 Å². The molecule has 2 aromatic rings. The zero-order chi connectivity index (χ0) is 19.9. The molecule has 0 aromatic heterocycles. The number of hydrogen-bond acceptors (Lipinski definition) is 3. The summed E-state index contributed by atoms with van der Waals surface area (Å²) in [6, 6.07) is 15.2. The van der Waals surface area contributed by atoms with Crippen molar-refractivity contribution in [1.82, 2.24) is 10.2 Å². The Hall–Kier alpha value is -2.40. The van der Waals surface area contributed by atoms with Crippen LogP contribution in [-0.2, 0) is 11.3 Å². The van der Waals surface area contributed by atoms with Crippen LogP contribution in [0.3, 0.4) is 0 Å². The highest BCUT2D eigenvalue weighted by Gasteiger charge is 2.25. The molecule has 0 aliphatic carbocycles. The van der Waals surface area contributed by atoms with Gasteiger partial charge in [0.25, 0.3) is 0 Å². The number of halogens is 1. The fourth-order valence-corrected chi connectivity index (χ4v) is 3.70. The van der Waals surface area contributed by atoms with E-state index in [9.17, 15) is 9.18 Å². The minimum Gasteiger partial charge on any atom is -0.508 e. The molecule has 2 aliphatic heterocycles. The summed E-state index contributed by atoms with van der Waals surface area (Å²) in [5.41, 5.74) is 3.48. The van der Waals surface area contributed by atoms with Gasteiger partial charge in [-0.2, -0.15) is 0 Å². The summed E-state index contributed by atoms with van der Waals surface area (Å²) in [5, 5.41) is 12.1. The van der Waals surface area contributed by atoms with Gasteiger partial charge in [0.2, 0.25) is 5.91 Å². The van der Waals surface area contributed by atoms with Crippen LogP contribution in [0.5, 0.6) is 5.75 Å². The molecular formula is C23H29FN2O2. The Labute approximate surface area is 166 Å². The van der Waals surface area contributed by atoms with E-state index in [0.717, 1.165) is 44.5 Å². The van der Waals surface area contributed by atoms with Gasteiger partial charge in [-0.1, -0.05) is 42.0 Å². The Balaban J connectivity index is 0.000000161. The molecule has 2 saturated heterocycles. The van der Waals surface area contributed by atoms with Crippen molar-refractivity contribution in [1.29, 1.82) is 0 Å².